The number of anilines is 1. The van der Waals surface area contributed by atoms with Gasteiger partial charge in [0, 0.05) is 24.1 Å². The first kappa shape index (κ1) is 13.4. The molecule has 6 heteroatoms. The number of carbonyl (C=O) groups excluding carboxylic acids is 1. The Morgan fingerprint density at radius 1 is 1.19 bits per heavy atom. The summed E-state index contributed by atoms with van der Waals surface area (Å²) in [7, 11) is 1.88. The number of carbonyl (C=O) groups is 2. The molecule has 2 heterocycles. The zero-order valence-corrected chi connectivity index (χ0v) is 12.0. The summed E-state index contributed by atoms with van der Waals surface area (Å²) in [6.45, 7) is 0. The van der Waals surface area contributed by atoms with Gasteiger partial charge in [-0.3, -0.25) is 4.79 Å². The first-order valence-corrected chi connectivity index (χ1v) is 7.06. The molecule has 0 radical (unpaired) electrons. The Hall–Kier alpha value is -2.60. The minimum atomic E-state index is -0.995. The van der Waals surface area contributed by atoms with Gasteiger partial charge in [0.15, 0.2) is 0 Å². The Morgan fingerprint density at radius 3 is 2.67 bits per heavy atom. The van der Waals surface area contributed by atoms with Crippen molar-refractivity contribution in [3.63, 3.8) is 0 Å². The third kappa shape index (κ3) is 2.41. The van der Waals surface area contributed by atoms with Crippen LogP contribution >= 0.6 is 11.3 Å². The predicted octanol–water partition coefficient (Wildman–Crippen LogP) is 3.19. The van der Waals surface area contributed by atoms with Crippen LogP contribution in [-0.2, 0) is 7.05 Å². The van der Waals surface area contributed by atoms with Gasteiger partial charge in [0.25, 0.3) is 5.91 Å². The minimum absolute atomic E-state index is 0.197. The number of carboxylic acids is 1. The molecule has 0 aliphatic carbocycles. The molecule has 2 aromatic heterocycles. The molecule has 0 saturated heterocycles. The molecule has 21 heavy (non-hydrogen) atoms. The molecule has 106 valence electrons. The number of nitrogens with one attached hydrogen (secondary N) is 1. The van der Waals surface area contributed by atoms with E-state index in [2.05, 4.69) is 5.32 Å². The number of para-hydroxylation sites is 1. The highest BCUT2D eigenvalue weighted by Gasteiger charge is 2.15. The van der Waals surface area contributed by atoms with Crippen LogP contribution in [0.2, 0.25) is 0 Å². The summed E-state index contributed by atoms with van der Waals surface area (Å²) in [4.78, 5) is 23.4. The highest BCUT2D eigenvalue weighted by atomic mass is 32.1. The fourth-order valence-corrected chi connectivity index (χ4v) is 2.96. The number of aromatic carboxylic acids is 1. The van der Waals surface area contributed by atoms with E-state index in [1.807, 2.05) is 35.9 Å². The van der Waals surface area contributed by atoms with Gasteiger partial charge in [-0.15, -0.1) is 11.3 Å². The van der Waals surface area contributed by atoms with Crippen molar-refractivity contribution in [2.75, 3.05) is 5.32 Å². The Labute approximate surface area is 124 Å². The van der Waals surface area contributed by atoms with Crippen molar-refractivity contribution in [2.45, 2.75) is 0 Å². The average molecular weight is 300 g/mol. The number of thiophene rings is 1. The van der Waals surface area contributed by atoms with Gasteiger partial charge < -0.3 is 15.0 Å². The number of aromatic nitrogens is 1. The standard InChI is InChI=1S/C15H12N2O3S/c1-17-8-10(9-4-2-3-5-11(9)17)14(18)16-13-7-6-12(21-13)15(19)20/h2-8H,1H3,(H,16,18)(H,19,20). The quantitative estimate of drug-likeness (QED) is 0.780. The van der Waals surface area contributed by atoms with Gasteiger partial charge >= 0.3 is 5.97 Å². The van der Waals surface area contributed by atoms with E-state index in [0.717, 1.165) is 22.2 Å². The summed E-state index contributed by atoms with van der Waals surface area (Å²) in [5, 5.41) is 13.0. The van der Waals surface area contributed by atoms with E-state index in [4.69, 9.17) is 5.11 Å². The lowest BCUT2D eigenvalue weighted by Crippen LogP contribution is -2.10. The van der Waals surface area contributed by atoms with Gasteiger partial charge in [-0.05, 0) is 18.2 Å². The molecule has 3 rings (SSSR count). The number of hydrogen-bond acceptors (Lipinski definition) is 3. The number of nitrogens with zero attached hydrogens (tertiary/aromatic N) is 1. The van der Waals surface area contributed by atoms with Gasteiger partial charge in [0.1, 0.15) is 4.88 Å². The maximum absolute atomic E-state index is 12.4. The van der Waals surface area contributed by atoms with Gasteiger partial charge in [-0.1, -0.05) is 18.2 Å². The fraction of sp³-hybridized carbons (Fsp3) is 0.0667. The molecule has 3 aromatic rings. The summed E-state index contributed by atoms with van der Waals surface area (Å²) < 4.78 is 1.89. The number of amides is 1. The molecule has 0 aliphatic rings. The second-order valence-corrected chi connectivity index (χ2v) is 5.68. The number of rotatable bonds is 3. The highest BCUT2D eigenvalue weighted by molar-refractivity contribution is 7.18. The highest BCUT2D eigenvalue weighted by Crippen LogP contribution is 2.25. The van der Waals surface area contributed by atoms with E-state index in [0.29, 0.717) is 10.6 Å². The van der Waals surface area contributed by atoms with E-state index in [1.165, 1.54) is 6.07 Å². The van der Waals surface area contributed by atoms with E-state index in [-0.39, 0.29) is 10.8 Å². The Kier molecular flexibility index (Phi) is 3.23. The summed E-state index contributed by atoms with van der Waals surface area (Å²) in [6, 6.07) is 10.7. The number of hydrogen-bond donors (Lipinski definition) is 2. The Bertz CT molecular complexity index is 848. The maximum Gasteiger partial charge on any atom is 0.345 e. The van der Waals surface area contributed by atoms with Crippen LogP contribution in [0.5, 0.6) is 0 Å². The van der Waals surface area contributed by atoms with Crippen LogP contribution in [-0.4, -0.2) is 21.6 Å². The van der Waals surface area contributed by atoms with Crippen LogP contribution in [0.25, 0.3) is 10.9 Å². The SMILES string of the molecule is Cn1cc(C(=O)Nc2ccc(C(=O)O)s2)c2ccccc21. The van der Waals surface area contributed by atoms with E-state index >= 15 is 0 Å². The monoisotopic (exact) mass is 300 g/mol. The predicted molar refractivity (Wildman–Crippen MR) is 82.2 cm³/mol. The normalized spacial score (nSPS) is 10.7. The zero-order chi connectivity index (χ0) is 15.0. The van der Waals surface area contributed by atoms with Gasteiger partial charge in [-0.25, -0.2) is 4.79 Å². The lowest BCUT2D eigenvalue weighted by molar-refractivity contribution is 0.0702. The third-order valence-corrected chi connectivity index (χ3v) is 4.18. The minimum Gasteiger partial charge on any atom is -0.477 e. The van der Waals surface area contributed by atoms with Crippen molar-refractivity contribution >= 4 is 39.1 Å². The van der Waals surface area contributed by atoms with Crippen LogP contribution in [0.4, 0.5) is 5.00 Å². The summed E-state index contributed by atoms with van der Waals surface area (Å²) in [5.74, 6) is -1.24. The fourth-order valence-electron chi connectivity index (χ4n) is 2.22. The Balaban J connectivity index is 1.91. The van der Waals surface area contributed by atoms with Crippen molar-refractivity contribution in [1.82, 2.24) is 4.57 Å². The molecule has 1 amide bonds. The summed E-state index contributed by atoms with van der Waals surface area (Å²) in [5.41, 5.74) is 1.54. The molecule has 0 aliphatic heterocycles. The molecule has 5 nitrogen and oxygen atoms in total. The topological polar surface area (TPSA) is 71.3 Å². The zero-order valence-electron chi connectivity index (χ0n) is 11.2. The molecule has 0 atom stereocenters. The molecule has 0 bridgehead atoms. The van der Waals surface area contributed by atoms with Crippen LogP contribution in [0.3, 0.4) is 0 Å². The van der Waals surface area contributed by atoms with Crippen LogP contribution in [0, 0.1) is 0 Å². The van der Waals surface area contributed by atoms with E-state index in [1.54, 1.807) is 12.3 Å². The molecule has 2 N–H and O–H groups in total. The van der Waals surface area contributed by atoms with Gasteiger partial charge in [0.2, 0.25) is 0 Å². The molecule has 0 fully saturated rings. The smallest absolute Gasteiger partial charge is 0.345 e. The van der Waals surface area contributed by atoms with Crippen LogP contribution in [0.15, 0.2) is 42.6 Å². The molecule has 0 unspecified atom stereocenters. The van der Waals surface area contributed by atoms with Gasteiger partial charge in [-0.2, -0.15) is 0 Å². The number of benzene rings is 1. The third-order valence-electron chi connectivity index (χ3n) is 3.20. The van der Waals surface area contributed by atoms with Crippen molar-refractivity contribution in [2.24, 2.45) is 7.05 Å². The Morgan fingerprint density at radius 2 is 1.95 bits per heavy atom. The lowest BCUT2D eigenvalue weighted by Gasteiger charge is -2.00. The van der Waals surface area contributed by atoms with Crippen LogP contribution < -0.4 is 5.32 Å². The molecule has 0 spiro atoms. The number of aryl methyl sites for hydroxylation is 1. The number of fused-ring (bicyclic) bond motifs is 1. The molecule has 0 saturated carbocycles. The van der Waals surface area contributed by atoms with E-state index < -0.39 is 5.97 Å². The first-order valence-electron chi connectivity index (χ1n) is 6.25. The van der Waals surface area contributed by atoms with E-state index in [9.17, 15) is 9.59 Å². The second kappa shape index (κ2) is 5.06. The molecule has 1 aromatic carbocycles. The summed E-state index contributed by atoms with van der Waals surface area (Å²) in [6.07, 6.45) is 1.77. The average Bonchev–Trinajstić information content (AvgIpc) is 3.05. The molecular weight excluding hydrogens is 288 g/mol. The first-order chi connectivity index (χ1) is 10.1. The summed E-state index contributed by atoms with van der Waals surface area (Å²) >= 11 is 1.04. The molecular formula is C15H12N2O3S. The van der Waals surface area contributed by atoms with Gasteiger partial charge in [0.05, 0.1) is 10.6 Å². The van der Waals surface area contributed by atoms with Crippen molar-refractivity contribution in [1.29, 1.82) is 0 Å². The van der Waals surface area contributed by atoms with Crippen molar-refractivity contribution in [3.8, 4) is 0 Å². The van der Waals surface area contributed by atoms with Crippen molar-refractivity contribution < 1.29 is 14.7 Å². The van der Waals surface area contributed by atoms with Crippen LogP contribution in [0.1, 0.15) is 20.0 Å². The second-order valence-electron chi connectivity index (χ2n) is 4.59. The van der Waals surface area contributed by atoms with Crippen molar-refractivity contribution in [3.05, 3.63) is 53.0 Å². The number of carboxylic acid groups (broad SMARTS) is 1. The maximum atomic E-state index is 12.4. The lowest BCUT2D eigenvalue weighted by atomic mass is 10.1. The largest absolute Gasteiger partial charge is 0.477 e.